The maximum atomic E-state index is 12.9. The van der Waals surface area contributed by atoms with Gasteiger partial charge in [-0.25, -0.2) is 4.52 Å². The molecule has 0 bridgehead atoms. The first-order valence-corrected chi connectivity index (χ1v) is 9.14. The molecular weight excluding hydrogens is 370 g/mol. The molecule has 2 aromatic carbocycles. The summed E-state index contributed by atoms with van der Waals surface area (Å²) in [6, 6.07) is 16.4. The van der Waals surface area contributed by atoms with E-state index in [4.69, 9.17) is 9.47 Å². The molecule has 29 heavy (non-hydrogen) atoms. The molecule has 0 aliphatic rings. The quantitative estimate of drug-likeness (QED) is 0.547. The first-order chi connectivity index (χ1) is 14.1. The zero-order chi connectivity index (χ0) is 20.4. The van der Waals surface area contributed by atoms with Crippen molar-refractivity contribution < 1.29 is 14.6 Å². The standard InChI is InChI=1S/C22H21N3O4/c1-28-17-8-6-15(7-9-17)19-13-20-22(27)24(10-11-25(20)23-19)14-21(26)16-4-3-5-18(12-16)29-2/h3-13,21,26H,14H2,1-2H3/t21-/m1/s1. The van der Waals surface area contributed by atoms with Crippen LogP contribution in [0.2, 0.25) is 0 Å². The number of benzene rings is 2. The van der Waals surface area contributed by atoms with Crippen LogP contribution in [0.3, 0.4) is 0 Å². The first-order valence-electron chi connectivity index (χ1n) is 9.14. The number of hydrogen-bond acceptors (Lipinski definition) is 5. The Hall–Kier alpha value is -3.58. The molecule has 0 spiro atoms. The Morgan fingerprint density at radius 2 is 1.76 bits per heavy atom. The predicted molar refractivity (Wildman–Crippen MR) is 109 cm³/mol. The van der Waals surface area contributed by atoms with Gasteiger partial charge >= 0.3 is 0 Å². The van der Waals surface area contributed by atoms with Crippen molar-refractivity contribution in [1.29, 1.82) is 0 Å². The average Bonchev–Trinajstić information content (AvgIpc) is 3.21. The normalized spacial score (nSPS) is 12.1. The average molecular weight is 391 g/mol. The summed E-state index contributed by atoms with van der Waals surface area (Å²) in [7, 11) is 3.19. The maximum absolute atomic E-state index is 12.9. The number of ether oxygens (including phenoxy) is 2. The van der Waals surface area contributed by atoms with Gasteiger partial charge < -0.3 is 19.1 Å². The third kappa shape index (κ3) is 3.72. The number of nitrogens with zero attached hydrogens (tertiary/aromatic N) is 3. The van der Waals surface area contributed by atoms with E-state index < -0.39 is 6.10 Å². The van der Waals surface area contributed by atoms with Crippen molar-refractivity contribution in [2.24, 2.45) is 0 Å². The second kappa shape index (κ2) is 7.81. The zero-order valence-electron chi connectivity index (χ0n) is 16.1. The number of methoxy groups -OCH3 is 2. The molecule has 0 radical (unpaired) electrons. The molecule has 0 saturated carbocycles. The lowest BCUT2D eigenvalue weighted by atomic mass is 10.1. The largest absolute Gasteiger partial charge is 0.497 e. The van der Waals surface area contributed by atoms with Crippen molar-refractivity contribution in [3.8, 4) is 22.8 Å². The van der Waals surface area contributed by atoms with Crippen molar-refractivity contribution in [3.63, 3.8) is 0 Å². The van der Waals surface area contributed by atoms with Crippen molar-refractivity contribution >= 4 is 5.52 Å². The van der Waals surface area contributed by atoms with E-state index in [1.54, 1.807) is 61.5 Å². The fourth-order valence-electron chi connectivity index (χ4n) is 3.21. The molecule has 4 rings (SSSR count). The van der Waals surface area contributed by atoms with Crippen LogP contribution in [0, 0.1) is 0 Å². The van der Waals surface area contributed by atoms with E-state index in [0.717, 1.165) is 11.3 Å². The molecule has 7 heteroatoms. The highest BCUT2D eigenvalue weighted by atomic mass is 16.5. The third-order valence-corrected chi connectivity index (χ3v) is 4.84. The van der Waals surface area contributed by atoms with Gasteiger partial charge in [0.15, 0.2) is 0 Å². The molecular formula is C22H21N3O4. The Kier molecular flexibility index (Phi) is 5.05. The molecule has 1 atom stereocenters. The Morgan fingerprint density at radius 3 is 2.48 bits per heavy atom. The lowest BCUT2D eigenvalue weighted by molar-refractivity contribution is 0.155. The topological polar surface area (TPSA) is 78.0 Å². The molecule has 0 unspecified atom stereocenters. The molecule has 0 saturated heterocycles. The number of aliphatic hydroxyl groups excluding tert-OH is 1. The van der Waals surface area contributed by atoms with Gasteiger partial charge in [-0.2, -0.15) is 5.10 Å². The second-order valence-electron chi connectivity index (χ2n) is 6.64. The molecule has 0 aliphatic heterocycles. The lowest BCUT2D eigenvalue weighted by Crippen LogP contribution is -2.24. The predicted octanol–water partition coefficient (Wildman–Crippen LogP) is 2.91. The fourth-order valence-corrected chi connectivity index (χ4v) is 3.21. The summed E-state index contributed by atoms with van der Waals surface area (Å²) >= 11 is 0. The minimum Gasteiger partial charge on any atom is -0.497 e. The smallest absolute Gasteiger partial charge is 0.276 e. The molecule has 1 N–H and O–H groups in total. The Bertz CT molecular complexity index is 1190. The van der Waals surface area contributed by atoms with E-state index in [1.165, 1.54) is 4.57 Å². The Morgan fingerprint density at radius 1 is 1.00 bits per heavy atom. The van der Waals surface area contributed by atoms with Gasteiger partial charge in [0, 0.05) is 18.0 Å². The summed E-state index contributed by atoms with van der Waals surface area (Å²) in [5.41, 5.74) is 2.48. The molecule has 0 amide bonds. The summed E-state index contributed by atoms with van der Waals surface area (Å²) < 4.78 is 13.4. The Balaban J connectivity index is 1.64. The minimum absolute atomic E-state index is 0.131. The highest BCUT2D eigenvalue weighted by Gasteiger charge is 2.14. The van der Waals surface area contributed by atoms with Crippen LogP contribution in [0.4, 0.5) is 0 Å². The van der Waals surface area contributed by atoms with E-state index in [-0.39, 0.29) is 12.1 Å². The third-order valence-electron chi connectivity index (χ3n) is 4.84. The van der Waals surface area contributed by atoms with E-state index in [0.29, 0.717) is 22.5 Å². The van der Waals surface area contributed by atoms with Crippen molar-refractivity contribution in [2.45, 2.75) is 12.6 Å². The molecule has 2 aromatic heterocycles. The number of aliphatic hydroxyl groups is 1. The van der Waals surface area contributed by atoms with Gasteiger partial charge in [0.25, 0.3) is 5.56 Å². The highest BCUT2D eigenvalue weighted by Crippen LogP contribution is 2.22. The summed E-state index contributed by atoms with van der Waals surface area (Å²) in [5.74, 6) is 1.41. The number of rotatable bonds is 6. The highest BCUT2D eigenvalue weighted by molar-refractivity contribution is 5.66. The van der Waals surface area contributed by atoms with Crippen LogP contribution in [0.15, 0.2) is 71.8 Å². The van der Waals surface area contributed by atoms with Crippen LogP contribution in [0.5, 0.6) is 11.5 Å². The van der Waals surface area contributed by atoms with Crippen LogP contribution in [0.25, 0.3) is 16.8 Å². The lowest BCUT2D eigenvalue weighted by Gasteiger charge is -2.14. The van der Waals surface area contributed by atoms with Crippen LogP contribution >= 0.6 is 0 Å². The monoisotopic (exact) mass is 391 g/mol. The van der Waals surface area contributed by atoms with Gasteiger partial charge in [-0.3, -0.25) is 4.79 Å². The van der Waals surface area contributed by atoms with Crippen molar-refractivity contribution in [2.75, 3.05) is 14.2 Å². The van der Waals surface area contributed by atoms with Crippen molar-refractivity contribution in [3.05, 3.63) is 82.9 Å². The van der Waals surface area contributed by atoms with Crippen LogP contribution < -0.4 is 15.0 Å². The van der Waals surface area contributed by atoms with Crippen LogP contribution in [-0.4, -0.2) is 33.5 Å². The minimum atomic E-state index is -0.839. The Labute approximate surface area is 167 Å². The van der Waals surface area contributed by atoms with E-state index in [9.17, 15) is 9.90 Å². The molecule has 2 heterocycles. The van der Waals surface area contributed by atoms with Gasteiger partial charge in [-0.05, 0) is 48.0 Å². The molecule has 148 valence electrons. The molecule has 0 fully saturated rings. The maximum Gasteiger partial charge on any atom is 0.276 e. The summed E-state index contributed by atoms with van der Waals surface area (Å²) in [5, 5.41) is 15.1. The van der Waals surface area contributed by atoms with Gasteiger partial charge in [-0.15, -0.1) is 0 Å². The van der Waals surface area contributed by atoms with Gasteiger partial charge in [0.1, 0.15) is 17.0 Å². The van der Waals surface area contributed by atoms with Crippen LogP contribution in [0.1, 0.15) is 11.7 Å². The molecule has 0 aliphatic carbocycles. The van der Waals surface area contributed by atoms with Gasteiger partial charge in [0.2, 0.25) is 0 Å². The van der Waals surface area contributed by atoms with E-state index in [2.05, 4.69) is 5.10 Å². The van der Waals surface area contributed by atoms with E-state index >= 15 is 0 Å². The van der Waals surface area contributed by atoms with E-state index in [1.807, 2.05) is 24.3 Å². The molecule has 7 nitrogen and oxygen atoms in total. The second-order valence-corrected chi connectivity index (χ2v) is 6.64. The van der Waals surface area contributed by atoms with Crippen molar-refractivity contribution in [1.82, 2.24) is 14.2 Å². The number of hydrogen-bond donors (Lipinski definition) is 1. The number of fused-ring (bicyclic) bond motifs is 1. The fraction of sp³-hybridized carbons (Fsp3) is 0.182. The molecule has 4 aromatic rings. The first kappa shape index (κ1) is 18.8. The summed E-state index contributed by atoms with van der Waals surface area (Å²) in [6.45, 7) is 0.131. The SMILES string of the molecule is COc1ccc(-c2cc3c(=O)n(C[C@@H](O)c4cccc(OC)c4)ccn3n2)cc1. The van der Waals surface area contributed by atoms with Gasteiger partial charge in [0.05, 0.1) is 32.6 Å². The summed E-state index contributed by atoms with van der Waals surface area (Å²) in [6.07, 6.45) is 2.50. The van der Waals surface area contributed by atoms with Gasteiger partial charge in [-0.1, -0.05) is 12.1 Å². The number of aromatic nitrogens is 3. The zero-order valence-corrected chi connectivity index (χ0v) is 16.1. The summed E-state index contributed by atoms with van der Waals surface area (Å²) in [4.78, 5) is 12.9. The van der Waals surface area contributed by atoms with Crippen LogP contribution in [-0.2, 0) is 6.54 Å².